The van der Waals surface area contributed by atoms with Gasteiger partial charge in [0.1, 0.15) is 11.6 Å². The van der Waals surface area contributed by atoms with Gasteiger partial charge in [0.2, 0.25) is 5.91 Å². The van der Waals surface area contributed by atoms with E-state index in [0.717, 1.165) is 18.4 Å². The topological polar surface area (TPSA) is 38.3 Å². The third-order valence-corrected chi connectivity index (χ3v) is 3.68. The van der Waals surface area contributed by atoms with E-state index in [9.17, 15) is 9.18 Å². The van der Waals surface area contributed by atoms with E-state index in [1.54, 1.807) is 6.07 Å². The quantitative estimate of drug-likeness (QED) is 0.908. The molecule has 0 aromatic heterocycles. The molecule has 0 spiro atoms. The zero-order valence-corrected chi connectivity index (χ0v) is 11.4. The number of halogens is 1. The molecule has 4 heteroatoms. The van der Waals surface area contributed by atoms with Gasteiger partial charge in [-0.05, 0) is 31.0 Å². The third-order valence-electron chi connectivity index (χ3n) is 3.68. The molecule has 0 radical (unpaired) electrons. The molecule has 1 aromatic rings. The van der Waals surface area contributed by atoms with E-state index >= 15 is 0 Å². The van der Waals surface area contributed by atoms with Gasteiger partial charge in [-0.3, -0.25) is 4.79 Å². The highest BCUT2D eigenvalue weighted by Crippen LogP contribution is 2.32. The summed E-state index contributed by atoms with van der Waals surface area (Å²) in [5.41, 5.74) is 0.741. The Hall–Kier alpha value is -1.58. The summed E-state index contributed by atoms with van der Waals surface area (Å²) in [5, 5.41) is 3.02. The Morgan fingerprint density at radius 1 is 1.47 bits per heavy atom. The van der Waals surface area contributed by atoms with Gasteiger partial charge in [0.25, 0.3) is 0 Å². The van der Waals surface area contributed by atoms with E-state index in [0.29, 0.717) is 18.8 Å². The fraction of sp³-hybridized carbons (Fsp3) is 0.533. The molecule has 2 rings (SSSR count). The lowest BCUT2D eigenvalue weighted by molar-refractivity contribution is -0.126. The Kier molecular flexibility index (Phi) is 4.40. The number of amides is 1. The fourth-order valence-corrected chi connectivity index (χ4v) is 2.46. The van der Waals surface area contributed by atoms with Gasteiger partial charge in [0.05, 0.1) is 12.6 Å². The molecule has 104 valence electrons. The van der Waals surface area contributed by atoms with Crippen LogP contribution in [0.2, 0.25) is 0 Å². The standard InChI is InChI=1S/C15H20FNO2/c1-3-10(4-2)15(18)17-13-7-8-19-14-6-5-11(16)9-12(13)14/h5-6,9-10,13H,3-4,7-8H2,1-2H3,(H,17,18). The average Bonchev–Trinajstić information content (AvgIpc) is 2.41. The normalized spacial score (nSPS) is 17.8. The van der Waals surface area contributed by atoms with Crippen LogP contribution in [0.15, 0.2) is 18.2 Å². The lowest BCUT2D eigenvalue weighted by Crippen LogP contribution is -2.36. The fourth-order valence-electron chi connectivity index (χ4n) is 2.46. The minimum Gasteiger partial charge on any atom is -0.493 e. The van der Waals surface area contributed by atoms with Gasteiger partial charge in [0.15, 0.2) is 0 Å². The molecule has 0 fully saturated rings. The van der Waals surface area contributed by atoms with Crippen molar-refractivity contribution >= 4 is 5.91 Å². The Balaban J connectivity index is 2.15. The molecule has 0 saturated heterocycles. The number of benzene rings is 1. The van der Waals surface area contributed by atoms with Gasteiger partial charge in [-0.1, -0.05) is 13.8 Å². The number of rotatable bonds is 4. The van der Waals surface area contributed by atoms with Crippen molar-refractivity contribution in [2.45, 2.75) is 39.2 Å². The monoisotopic (exact) mass is 265 g/mol. The molecule has 3 nitrogen and oxygen atoms in total. The van der Waals surface area contributed by atoms with Gasteiger partial charge < -0.3 is 10.1 Å². The van der Waals surface area contributed by atoms with Gasteiger partial charge in [-0.25, -0.2) is 4.39 Å². The first-order chi connectivity index (χ1) is 9.15. The van der Waals surface area contributed by atoms with Gasteiger partial charge >= 0.3 is 0 Å². The van der Waals surface area contributed by atoms with E-state index in [4.69, 9.17) is 4.74 Å². The largest absolute Gasteiger partial charge is 0.493 e. The van der Waals surface area contributed by atoms with Crippen molar-refractivity contribution in [3.63, 3.8) is 0 Å². The average molecular weight is 265 g/mol. The SMILES string of the molecule is CCC(CC)C(=O)NC1CCOc2ccc(F)cc21. The van der Waals surface area contributed by atoms with Crippen LogP contribution in [0.25, 0.3) is 0 Å². The first kappa shape index (κ1) is 13.8. The van der Waals surface area contributed by atoms with Crippen LogP contribution in [0, 0.1) is 11.7 Å². The van der Waals surface area contributed by atoms with E-state index < -0.39 is 0 Å². The zero-order valence-electron chi connectivity index (χ0n) is 11.4. The van der Waals surface area contributed by atoms with Crippen molar-refractivity contribution in [3.8, 4) is 5.75 Å². The van der Waals surface area contributed by atoms with Crippen LogP contribution in [-0.2, 0) is 4.79 Å². The molecule has 1 aliphatic heterocycles. The number of fused-ring (bicyclic) bond motifs is 1. The Bertz CT molecular complexity index is 457. The van der Waals surface area contributed by atoms with Crippen molar-refractivity contribution in [1.29, 1.82) is 0 Å². The summed E-state index contributed by atoms with van der Waals surface area (Å²) < 4.78 is 18.8. The van der Waals surface area contributed by atoms with Crippen molar-refractivity contribution in [2.75, 3.05) is 6.61 Å². The Morgan fingerprint density at radius 3 is 2.89 bits per heavy atom. The minimum atomic E-state index is -0.300. The first-order valence-corrected chi connectivity index (χ1v) is 6.88. The molecule has 0 saturated carbocycles. The summed E-state index contributed by atoms with van der Waals surface area (Å²) in [5.74, 6) is 0.445. The van der Waals surface area contributed by atoms with Crippen molar-refractivity contribution in [2.24, 2.45) is 5.92 Å². The molecule has 1 amide bonds. The summed E-state index contributed by atoms with van der Waals surface area (Å²) in [7, 11) is 0. The van der Waals surface area contributed by atoms with Crippen LogP contribution in [-0.4, -0.2) is 12.5 Å². The highest BCUT2D eigenvalue weighted by atomic mass is 19.1. The molecule has 1 N–H and O–H groups in total. The maximum absolute atomic E-state index is 13.3. The van der Waals surface area contributed by atoms with Crippen LogP contribution >= 0.6 is 0 Å². The van der Waals surface area contributed by atoms with Gasteiger partial charge in [0, 0.05) is 17.9 Å². The maximum Gasteiger partial charge on any atom is 0.223 e. The van der Waals surface area contributed by atoms with Crippen molar-refractivity contribution in [1.82, 2.24) is 5.32 Å². The van der Waals surface area contributed by atoms with Crippen LogP contribution in [0.3, 0.4) is 0 Å². The van der Waals surface area contributed by atoms with Gasteiger partial charge in [-0.15, -0.1) is 0 Å². The molecular formula is C15H20FNO2. The van der Waals surface area contributed by atoms with E-state index in [-0.39, 0.29) is 23.7 Å². The second kappa shape index (κ2) is 6.04. The molecule has 0 bridgehead atoms. The zero-order chi connectivity index (χ0) is 13.8. The molecule has 1 aliphatic rings. The lowest BCUT2D eigenvalue weighted by Gasteiger charge is -2.28. The summed E-state index contributed by atoms with van der Waals surface area (Å²) >= 11 is 0. The summed E-state index contributed by atoms with van der Waals surface area (Å²) in [6.07, 6.45) is 2.32. The predicted molar refractivity (Wildman–Crippen MR) is 71.5 cm³/mol. The van der Waals surface area contributed by atoms with Crippen molar-refractivity contribution < 1.29 is 13.9 Å². The lowest BCUT2D eigenvalue weighted by atomic mass is 9.97. The minimum absolute atomic E-state index is 0.0276. The van der Waals surface area contributed by atoms with Gasteiger partial charge in [-0.2, -0.15) is 0 Å². The van der Waals surface area contributed by atoms with Crippen LogP contribution in [0.5, 0.6) is 5.75 Å². The first-order valence-electron chi connectivity index (χ1n) is 6.88. The summed E-state index contributed by atoms with van der Waals surface area (Å²) in [6.45, 7) is 4.56. The van der Waals surface area contributed by atoms with E-state index in [1.807, 2.05) is 13.8 Å². The summed E-state index contributed by atoms with van der Waals surface area (Å²) in [4.78, 5) is 12.1. The number of hydrogen-bond acceptors (Lipinski definition) is 2. The highest BCUT2D eigenvalue weighted by Gasteiger charge is 2.25. The smallest absolute Gasteiger partial charge is 0.223 e. The van der Waals surface area contributed by atoms with E-state index in [2.05, 4.69) is 5.32 Å². The molecule has 1 heterocycles. The molecular weight excluding hydrogens is 245 g/mol. The predicted octanol–water partition coefficient (Wildman–Crippen LogP) is 3.20. The summed E-state index contributed by atoms with van der Waals surface area (Å²) in [6, 6.07) is 4.31. The highest BCUT2D eigenvalue weighted by molar-refractivity contribution is 5.79. The molecule has 1 atom stereocenters. The third kappa shape index (κ3) is 3.06. The second-order valence-electron chi connectivity index (χ2n) is 4.89. The number of hydrogen-bond donors (Lipinski definition) is 1. The second-order valence-corrected chi connectivity index (χ2v) is 4.89. The molecule has 0 aliphatic carbocycles. The number of carbonyl (C=O) groups is 1. The number of ether oxygens (including phenoxy) is 1. The Morgan fingerprint density at radius 2 is 2.21 bits per heavy atom. The number of carbonyl (C=O) groups excluding carboxylic acids is 1. The number of nitrogens with one attached hydrogen (secondary N) is 1. The Labute approximate surface area is 113 Å². The van der Waals surface area contributed by atoms with Crippen LogP contribution < -0.4 is 10.1 Å². The maximum atomic E-state index is 13.3. The van der Waals surface area contributed by atoms with Crippen LogP contribution in [0.4, 0.5) is 4.39 Å². The molecule has 19 heavy (non-hydrogen) atoms. The molecule has 1 unspecified atom stereocenters. The molecule has 1 aromatic carbocycles. The van der Waals surface area contributed by atoms with Crippen LogP contribution in [0.1, 0.15) is 44.7 Å². The van der Waals surface area contributed by atoms with E-state index in [1.165, 1.54) is 12.1 Å². The van der Waals surface area contributed by atoms with Crippen molar-refractivity contribution in [3.05, 3.63) is 29.6 Å².